The Morgan fingerprint density at radius 2 is 2.22 bits per heavy atom. The fraction of sp³-hybridized carbons (Fsp3) is 0.385. The van der Waals surface area contributed by atoms with E-state index in [0.29, 0.717) is 11.1 Å². The van der Waals surface area contributed by atoms with Crippen molar-refractivity contribution in [2.45, 2.75) is 11.6 Å². The van der Waals surface area contributed by atoms with E-state index in [-0.39, 0.29) is 6.61 Å². The molecule has 4 nitrogen and oxygen atoms in total. The summed E-state index contributed by atoms with van der Waals surface area (Å²) in [4.78, 5) is 0. The molecule has 0 amide bonds. The SMILES string of the molecule is CN[C@H](CO)C(O)(CF)c1ccc2ccoc2c1. The highest BCUT2D eigenvalue weighted by Gasteiger charge is 2.38. The molecular formula is C13H16FNO3. The molecule has 0 aliphatic carbocycles. The fourth-order valence-electron chi connectivity index (χ4n) is 2.08. The summed E-state index contributed by atoms with van der Waals surface area (Å²) >= 11 is 0. The highest BCUT2D eigenvalue weighted by atomic mass is 19.1. The Morgan fingerprint density at radius 1 is 1.44 bits per heavy atom. The molecule has 3 N–H and O–H groups in total. The first-order valence-corrected chi connectivity index (χ1v) is 5.70. The molecule has 0 aliphatic rings. The van der Waals surface area contributed by atoms with Crippen molar-refractivity contribution in [3.05, 3.63) is 36.1 Å². The Hall–Kier alpha value is -1.43. The number of alkyl halides is 1. The van der Waals surface area contributed by atoms with Crippen molar-refractivity contribution in [2.24, 2.45) is 0 Å². The molecule has 1 unspecified atom stereocenters. The van der Waals surface area contributed by atoms with Crippen LogP contribution in [0.2, 0.25) is 0 Å². The van der Waals surface area contributed by atoms with Crippen LogP contribution in [0.25, 0.3) is 11.0 Å². The van der Waals surface area contributed by atoms with Crippen LogP contribution in [-0.4, -0.2) is 36.6 Å². The molecule has 1 aromatic heterocycles. The highest BCUT2D eigenvalue weighted by molar-refractivity contribution is 5.77. The molecule has 0 bridgehead atoms. The van der Waals surface area contributed by atoms with E-state index in [1.807, 2.05) is 0 Å². The second-order valence-corrected chi connectivity index (χ2v) is 4.25. The summed E-state index contributed by atoms with van der Waals surface area (Å²) in [6.45, 7) is -1.36. The molecule has 0 fully saturated rings. The van der Waals surface area contributed by atoms with Gasteiger partial charge in [-0.2, -0.15) is 0 Å². The van der Waals surface area contributed by atoms with Crippen molar-refractivity contribution in [2.75, 3.05) is 20.3 Å². The van der Waals surface area contributed by atoms with Gasteiger partial charge in [0.05, 0.1) is 18.9 Å². The molecule has 2 atom stereocenters. The summed E-state index contributed by atoms with van der Waals surface area (Å²) in [6, 6.07) is 5.98. The van der Waals surface area contributed by atoms with Gasteiger partial charge in [0.25, 0.3) is 0 Å². The van der Waals surface area contributed by atoms with Crippen molar-refractivity contribution in [1.29, 1.82) is 0 Å². The topological polar surface area (TPSA) is 65.6 Å². The normalized spacial score (nSPS) is 16.7. The quantitative estimate of drug-likeness (QED) is 0.748. The zero-order chi connectivity index (χ0) is 13.2. The number of hydrogen-bond donors (Lipinski definition) is 3. The van der Waals surface area contributed by atoms with Gasteiger partial charge in [0.1, 0.15) is 17.9 Å². The Balaban J connectivity index is 2.47. The minimum atomic E-state index is -1.77. The van der Waals surface area contributed by atoms with E-state index >= 15 is 0 Å². The number of nitrogens with one attached hydrogen (secondary N) is 1. The molecule has 18 heavy (non-hydrogen) atoms. The van der Waals surface area contributed by atoms with E-state index in [2.05, 4.69) is 5.32 Å². The van der Waals surface area contributed by atoms with Crippen LogP contribution in [0.1, 0.15) is 5.56 Å². The number of aliphatic hydroxyl groups excluding tert-OH is 1. The predicted molar refractivity (Wildman–Crippen MR) is 66.0 cm³/mol. The first kappa shape index (κ1) is 13.0. The van der Waals surface area contributed by atoms with Crippen LogP contribution < -0.4 is 5.32 Å². The summed E-state index contributed by atoms with van der Waals surface area (Å²) in [5.41, 5.74) is -0.821. The van der Waals surface area contributed by atoms with Gasteiger partial charge in [-0.05, 0) is 24.7 Å². The maximum Gasteiger partial charge on any atom is 0.135 e. The third-order valence-corrected chi connectivity index (χ3v) is 3.27. The standard InChI is InChI=1S/C13H16FNO3/c1-15-12(7-16)13(17,8-14)10-3-2-9-4-5-18-11(9)6-10/h2-6,12,15-17H,7-8H2,1H3/t12-,13?/m1/s1. The second-order valence-electron chi connectivity index (χ2n) is 4.25. The van der Waals surface area contributed by atoms with Crippen LogP contribution in [0, 0.1) is 0 Å². The van der Waals surface area contributed by atoms with Gasteiger partial charge in [0.15, 0.2) is 0 Å². The van der Waals surface area contributed by atoms with Crippen LogP contribution in [-0.2, 0) is 5.60 Å². The third-order valence-electron chi connectivity index (χ3n) is 3.27. The molecule has 2 aromatic rings. The van der Waals surface area contributed by atoms with Crippen molar-refractivity contribution in [3.63, 3.8) is 0 Å². The fourth-order valence-corrected chi connectivity index (χ4v) is 2.08. The molecule has 0 radical (unpaired) electrons. The van der Waals surface area contributed by atoms with Gasteiger partial charge in [-0.15, -0.1) is 0 Å². The van der Waals surface area contributed by atoms with Crippen molar-refractivity contribution < 1.29 is 19.0 Å². The predicted octanol–water partition coefficient (Wildman–Crippen LogP) is 1.17. The number of likely N-dealkylation sites (N-methyl/N-ethyl adjacent to an activating group) is 1. The van der Waals surface area contributed by atoms with E-state index in [9.17, 15) is 14.6 Å². The summed E-state index contributed by atoms with van der Waals surface area (Å²) in [5.74, 6) is 0. The minimum Gasteiger partial charge on any atom is -0.464 e. The molecule has 1 heterocycles. The maximum absolute atomic E-state index is 13.2. The molecule has 5 heteroatoms. The van der Waals surface area contributed by atoms with Crippen LogP contribution in [0.5, 0.6) is 0 Å². The second kappa shape index (κ2) is 5.06. The van der Waals surface area contributed by atoms with Crippen LogP contribution >= 0.6 is 0 Å². The zero-order valence-electron chi connectivity index (χ0n) is 10.1. The Kier molecular flexibility index (Phi) is 3.65. The molecular weight excluding hydrogens is 237 g/mol. The van der Waals surface area contributed by atoms with Crippen LogP contribution in [0.4, 0.5) is 4.39 Å². The average Bonchev–Trinajstić information content (AvgIpc) is 2.86. The molecule has 0 saturated heterocycles. The summed E-state index contributed by atoms with van der Waals surface area (Å²) in [6.07, 6.45) is 1.53. The summed E-state index contributed by atoms with van der Waals surface area (Å²) in [7, 11) is 1.56. The number of rotatable bonds is 5. The lowest BCUT2D eigenvalue weighted by Gasteiger charge is -2.33. The van der Waals surface area contributed by atoms with Gasteiger partial charge in [-0.1, -0.05) is 12.1 Å². The van der Waals surface area contributed by atoms with E-state index < -0.39 is 18.3 Å². The summed E-state index contributed by atoms with van der Waals surface area (Å²) in [5, 5.41) is 23.2. The summed E-state index contributed by atoms with van der Waals surface area (Å²) < 4.78 is 18.5. The van der Waals surface area contributed by atoms with Gasteiger partial charge in [0, 0.05) is 5.39 Å². The van der Waals surface area contributed by atoms with Crippen LogP contribution in [0.3, 0.4) is 0 Å². The monoisotopic (exact) mass is 253 g/mol. The van der Waals surface area contributed by atoms with Crippen molar-refractivity contribution in [3.8, 4) is 0 Å². The number of halogens is 1. The number of hydrogen-bond acceptors (Lipinski definition) is 4. The third kappa shape index (κ3) is 2.01. The number of fused-ring (bicyclic) bond motifs is 1. The van der Waals surface area contributed by atoms with Crippen LogP contribution in [0.15, 0.2) is 34.9 Å². The van der Waals surface area contributed by atoms with Gasteiger partial charge in [-0.3, -0.25) is 0 Å². The number of benzene rings is 1. The molecule has 2 rings (SSSR count). The van der Waals surface area contributed by atoms with Gasteiger partial charge in [-0.25, -0.2) is 4.39 Å². The van der Waals surface area contributed by atoms with Crippen molar-refractivity contribution in [1.82, 2.24) is 5.32 Å². The Bertz CT molecular complexity index is 524. The number of aliphatic hydroxyl groups is 2. The van der Waals surface area contributed by atoms with E-state index in [4.69, 9.17) is 4.42 Å². The first-order valence-electron chi connectivity index (χ1n) is 5.70. The maximum atomic E-state index is 13.2. The first-order chi connectivity index (χ1) is 8.65. The molecule has 0 saturated carbocycles. The van der Waals surface area contributed by atoms with E-state index in [0.717, 1.165) is 5.39 Å². The lowest BCUT2D eigenvalue weighted by molar-refractivity contribution is -0.0386. The highest BCUT2D eigenvalue weighted by Crippen LogP contribution is 2.29. The number of furan rings is 1. The van der Waals surface area contributed by atoms with E-state index in [1.54, 1.807) is 31.3 Å². The van der Waals surface area contributed by atoms with Gasteiger partial charge >= 0.3 is 0 Å². The van der Waals surface area contributed by atoms with Crippen molar-refractivity contribution >= 4 is 11.0 Å². The molecule has 98 valence electrons. The molecule has 0 aliphatic heterocycles. The smallest absolute Gasteiger partial charge is 0.135 e. The lowest BCUT2D eigenvalue weighted by Crippen LogP contribution is -2.51. The Labute approximate surface area is 104 Å². The Morgan fingerprint density at radius 3 is 2.83 bits per heavy atom. The molecule has 1 aromatic carbocycles. The van der Waals surface area contributed by atoms with E-state index in [1.165, 1.54) is 6.26 Å². The average molecular weight is 253 g/mol. The van der Waals surface area contributed by atoms with Gasteiger partial charge in [0.2, 0.25) is 0 Å². The lowest BCUT2D eigenvalue weighted by atomic mass is 9.87. The zero-order valence-corrected chi connectivity index (χ0v) is 10.1. The largest absolute Gasteiger partial charge is 0.464 e. The minimum absolute atomic E-state index is 0.368. The van der Waals surface area contributed by atoms with Gasteiger partial charge < -0.3 is 19.9 Å². The molecule has 0 spiro atoms.